The number of ether oxygens (including phenoxy) is 1. The van der Waals surface area contributed by atoms with Crippen LogP contribution >= 0.6 is 23.2 Å². The molecule has 0 saturated heterocycles. The third-order valence-corrected chi connectivity index (χ3v) is 2.91. The zero-order valence-corrected chi connectivity index (χ0v) is 11.9. The lowest BCUT2D eigenvalue weighted by molar-refractivity contribution is 0.314. The molecule has 1 aromatic heterocycles. The van der Waals surface area contributed by atoms with E-state index >= 15 is 0 Å². The molecule has 0 amide bonds. The summed E-state index contributed by atoms with van der Waals surface area (Å²) in [6.07, 6.45) is 4.05. The molecule has 7 heteroatoms. The van der Waals surface area contributed by atoms with Crippen LogP contribution < -0.4 is 10.2 Å². The molecule has 102 valence electrons. The Morgan fingerprint density at radius 1 is 1.26 bits per heavy atom. The molecule has 0 aliphatic carbocycles. The van der Waals surface area contributed by atoms with Crippen LogP contribution in [0.3, 0.4) is 0 Å². The van der Waals surface area contributed by atoms with Gasteiger partial charge in [0, 0.05) is 10.6 Å². The fourth-order valence-corrected chi connectivity index (χ4v) is 2.16. The summed E-state index contributed by atoms with van der Waals surface area (Å²) in [5.41, 5.74) is 4.00. The minimum absolute atomic E-state index is 0.511. The van der Waals surface area contributed by atoms with E-state index in [1.807, 2.05) is 13.0 Å². The lowest BCUT2D eigenvalue weighted by Gasteiger charge is -2.14. The van der Waals surface area contributed by atoms with Crippen molar-refractivity contribution < 1.29 is 4.74 Å². The zero-order chi connectivity index (χ0) is 13.7. The molecule has 2 rings (SSSR count). The average molecular weight is 301 g/mol. The van der Waals surface area contributed by atoms with Crippen LogP contribution in [0.2, 0.25) is 10.0 Å². The van der Waals surface area contributed by atoms with E-state index < -0.39 is 0 Å². The topological polar surface area (TPSA) is 52.0 Å². The van der Waals surface area contributed by atoms with Gasteiger partial charge in [-0.15, -0.1) is 10.2 Å². The van der Waals surface area contributed by atoms with Crippen molar-refractivity contribution in [2.24, 2.45) is 0 Å². The number of hydrogen-bond donors (Lipinski definition) is 1. The molecule has 0 radical (unpaired) electrons. The Hall–Kier alpha value is -1.46. The van der Waals surface area contributed by atoms with Crippen molar-refractivity contribution in [3.63, 3.8) is 0 Å². The summed E-state index contributed by atoms with van der Waals surface area (Å²) in [4.78, 5) is 0. The van der Waals surface area contributed by atoms with Crippen molar-refractivity contribution in [2.45, 2.75) is 19.9 Å². The van der Waals surface area contributed by atoms with Crippen LogP contribution in [0.1, 0.15) is 18.9 Å². The molecule has 0 atom stereocenters. The molecular formula is C12H14Cl2N4O. The quantitative estimate of drug-likeness (QED) is 0.890. The maximum absolute atomic E-state index is 6.16. The number of rotatable bonds is 6. The van der Waals surface area contributed by atoms with Gasteiger partial charge >= 0.3 is 0 Å². The fraction of sp³-hybridized carbons (Fsp3) is 0.333. The number of benzene rings is 1. The second kappa shape index (κ2) is 6.63. The Balaban J connectivity index is 2.16. The van der Waals surface area contributed by atoms with Crippen molar-refractivity contribution >= 4 is 23.2 Å². The normalized spacial score (nSPS) is 10.5. The predicted octanol–water partition coefficient (Wildman–Crippen LogP) is 3.12. The minimum atomic E-state index is 0.511. The van der Waals surface area contributed by atoms with Gasteiger partial charge in [-0.3, -0.25) is 0 Å². The smallest absolute Gasteiger partial charge is 0.143 e. The fourth-order valence-electron chi connectivity index (χ4n) is 1.57. The van der Waals surface area contributed by atoms with Crippen LogP contribution in [-0.2, 0) is 6.54 Å². The van der Waals surface area contributed by atoms with E-state index in [1.54, 1.807) is 23.4 Å². The molecule has 1 N–H and O–H groups in total. The highest BCUT2D eigenvalue weighted by Crippen LogP contribution is 2.32. The van der Waals surface area contributed by atoms with Crippen molar-refractivity contribution in [1.29, 1.82) is 0 Å². The van der Waals surface area contributed by atoms with Crippen LogP contribution in [0.5, 0.6) is 5.75 Å². The first kappa shape index (κ1) is 14.0. The van der Waals surface area contributed by atoms with E-state index in [0.717, 1.165) is 12.0 Å². The molecule has 0 spiro atoms. The molecule has 1 heterocycles. The summed E-state index contributed by atoms with van der Waals surface area (Å²) in [5, 5.41) is 8.51. The molecule has 1 aromatic carbocycles. The van der Waals surface area contributed by atoms with Crippen LogP contribution in [0.4, 0.5) is 0 Å². The zero-order valence-electron chi connectivity index (χ0n) is 10.4. The number of halogens is 2. The average Bonchev–Trinajstić information content (AvgIpc) is 2.88. The summed E-state index contributed by atoms with van der Waals surface area (Å²) in [7, 11) is 0. The molecule has 19 heavy (non-hydrogen) atoms. The summed E-state index contributed by atoms with van der Waals surface area (Å²) < 4.78 is 7.32. The monoisotopic (exact) mass is 300 g/mol. The van der Waals surface area contributed by atoms with Gasteiger partial charge in [0.15, 0.2) is 0 Å². The molecular weight excluding hydrogens is 287 g/mol. The van der Waals surface area contributed by atoms with Crippen LogP contribution in [-0.4, -0.2) is 21.5 Å². The summed E-state index contributed by atoms with van der Waals surface area (Å²) in [5.74, 6) is 0.661. The third-order valence-electron chi connectivity index (χ3n) is 2.41. The van der Waals surface area contributed by atoms with Gasteiger partial charge in [-0.1, -0.05) is 30.1 Å². The second-order valence-electron chi connectivity index (χ2n) is 3.93. The van der Waals surface area contributed by atoms with Gasteiger partial charge in [0.05, 0.1) is 18.2 Å². The first-order chi connectivity index (χ1) is 9.20. The van der Waals surface area contributed by atoms with E-state index in [4.69, 9.17) is 27.9 Å². The van der Waals surface area contributed by atoms with E-state index in [0.29, 0.717) is 28.9 Å². The third kappa shape index (κ3) is 3.75. The SMILES string of the molecule is CCCOc1c(Cl)cc(Cl)cc1CNn1cnnc1. The molecule has 0 aliphatic rings. The van der Waals surface area contributed by atoms with Gasteiger partial charge in [-0.2, -0.15) is 0 Å². The van der Waals surface area contributed by atoms with Gasteiger partial charge in [0.25, 0.3) is 0 Å². The van der Waals surface area contributed by atoms with Crippen LogP contribution in [0.25, 0.3) is 0 Å². The number of aromatic nitrogens is 3. The summed E-state index contributed by atoms with van der Waals surface area (Å²) in [6, 6.07) is 3.51. The highest BCUT2D eigenvalue weighted by atomic mass is 35.5. The Morgan fingerprint density at radius 2 is 2.00 bits per heavy atom. The van der Waals surface area contributed by atoms with E-state index in [9.17, 15) is 0 Å². The van der Waals surface area contributed by atoms with Gasteiger partial charge in [0.2, 0.25) is 0 Å². The Bertz CT molecular complexity index is 531. The summed E-state index contributed by atoms with van der Waals surface area (Å²) >= 11 is 12.2. The van der Waals surface area contributed by atoms with Crippen molar-refractivity contribution in [2.75, 3.05) is 12.0 Å². The van der Waals surface area contributed by atoms with E-state index in [-0.39, 0.29) is 0 Å². The van der Waals surface area contributed by atoms with Crippen molar-refractivity contribution in [3.8, 4) is 5.75 Å². The Kier molecular flexibility index (Phi) is 4.87. The second-order valence-corrected chi connectivity index (χ2v) is 4.77. The standard InChI is InChI=1S/C12H14Cl2N4O/c1-2-3-19-12-9(4-10(13)5-11(12)14)6-17-18-7-15-16-8-18/h4-5,7-8,17H,2-3,6H2,1H3. The predicted molar refractivity (Wildman–Crippen MR) is 75.3 cm³/mol. The molecule has 2 aromatic rings. The van der Waals surface area contributed by atoms with Gasteiger partial charge in [-0.05, 0) is 18.6 Å². The Labute approximate surface area is 121 Å². The number of nitrogens with zero attached hydrogens (tertiary/aromatic N) is 3. The van der Waals surface area contributed by atoms with Crippen molar-refractivity contribution in [1.82, 2.24) is 14.9 Å². The maximum Gasteiger partial charge on any atom is 0.143 e. The van der Waals surface area contributed by atoms with Gasteiger partial charge in [-0.25, -0.2) is 4.68 Å². The largest absolute Gasteiger partial charge is 0.492 e. The number of hydrogen-bond acceptors (Lipinski definition) is 4. The van der Waals surface area contributed by atoms with E-state index in [2.05, 4.69) is 15.6 Å². The lowest BCUT2D eigenvalue weighted by Crippen LogP contribution is -2.13. The minimum Gasteiger partial charge on any atom is -0.492 e. The van der Waals surface area contributed by atoms with Crippen molar-refractivity contribution in [3.05, 3.63) is 40.4 Å². The van der Waals surface area contributed by atoms with Crippen LogP contribution in [0.15, 0.2) is 24.8 Å². The summed E-state index contributed by atoms with van der Waals surface area (Å²) in [6.45, 7) is 3.16. The highest BCUT2D eigenvalue weighted by molar-refractivity contribution is 6.35. The maximum atomic E-state index is 6.16. The first-order valence-electron chi connectivity index (χ1n) is 5.90. The molecule has 5 nitrogen and oxygen atoms in total. The van der Waals surface area contributed by atoms with E-state index in [1.165, 1.54) is 0 Å². The first-order valence-corrected chi connectivity index (χ1v) is 6.65. The molecule has 0 bridgehead atoms. The highest BCUT2D eigenvalue weighted by Gasteiger charge is 2.10. The lowest BCUT2D eigenvalue weighted by atomic mass is 10.2. The molecule has 0 unspecified atom stereocenters. The molecule has 0 aliphatic heterocycles. The molecule has 0 fully saturated rings. The molecule has 0 saturated carbocycles. The number of nitrogens with one attached hydrogen (secondary N) is 1. The van der Waals surface area contributed by atoms with Gasteiger partial charge < -0.3 is 10.2 Å². The Morgan fingerprint density at radius 3 is 2.68 bits per heavy atom. The van der Waals surface area contributed by atoms with Crippen LogP contribution in [0, 0.1) is 0 Å². The van der Waals surface area contributed by atoms with Gasteiger partial charge in [0.1, 0.15) is 18.4 Å².